The van der Waals surface area contributed by atoms with Crippen LogP contribution in [0.4, 0.5) is 0 Å². The summed E-state index contributed by atoms with van der Waals surface area (Å²) >= 11 is 5.78. The van der Waals surface area contributed by atoms with Crippen LogP contribution in [-0.2, 0) is 19.1 Å². The monoisotopic (exact) mass is 510 g/mol. The minimum absolute atomic E-state index is 0.00786. The molecule has 2 amide bonds. The maximum atomic E-state index is 12.5. The zero-order valence-electron chi connectivity index (χ0n) is 19.9. The standard InChI is InChI=1S/C22H39ClN2O9/c1-12(23)20(31)25-15(21(32)24-13(2)14(3)27)9-7-5-4-6-8-10-22(33)19(30)18(29)17(28)16(11-26)34-22/h12-13,15-19,26,28-30,33H,4-11H2,1-3H3,(H,24,32)(H,25,31)/t12-,13-,15-,16+,17-,18-,19+,22?/m0/s1. The fourth-order valence-corrected chi connectivity index (χ4v) is 3.72. The van der Waals surface area contributed by atoms with E-state index in [1.165, 1.54) is 13.8 Å². The smallest absolute Gasteiger partial charge is 0.243 e. The van der Waals surface area contributed by atoms with Gasteiger partial charge in [-0.25, -0.2) is 0 Å². The SMILES string of the molecule is CC(=O)[C@H](C)NC(=O)[C@H](CCCCCCCC1(O)O[C@H](CO)[C@H](O)[C@H](O)[C@H]1O)NC(=O)[C@H](C)Cl. The number of ether oxygens (including phenoxy) is 1. The van der Waals surface area contributed by atoms with E-state index in [-0.39, 0.29) is 12.2 Å². The molecule has 0 aromatic rings. The summed E-state index contributed by atoms with van der Waals surface area (Å²) < 4.78 is 5.23. The Morgan fingerprint density at radius 1 is 0.971 bits per heavy atom. The number of carbonyl (C=O) groups excluding carboxylic acids is 3. The third-order valence-electron chi connectivity index (χ3n) is 6.04. The molecule has 0 aliphatic carbocycles. The Balaban J connectivity index is 2.47. The number of unbranched alkanes of at least 4 members (excludes halogenated alkanes) is 4. The summed E-state index contributed by atoms with van der Waals surface area (Å²) in [7, 11) is 0. The Kier molecular flexibility index (Phi) is 12.9. The van der Waals surface area contributed by atoms with Gasteiger partial charge < -0.3 is 40.9 Å². The quantitative estimate of drug-likeness (QED) is 0.115. The van der Waals surface area contributed by atoms with E-state index in [9.17, 15) is 39.9 Å². The first-order chi connectivity index (χ1) is 15.8. The van der Waals surface area contributed by atoms with E-state index < -0.39 is 66.1 Å². The molecule has 1 heterocycles. The van der Waals surface area contributed by atoms with Crippen molar-refractivity contribution < 1.29 is 44.7 Å². The van der Waals surface area contributed by atoms with Gasteiger partial charge in [0.25, 0.3) is 0 Å². The maximum absolute atomic E-state index is 12.5. The second-order valence-corrected chi connectivity index (χ2v) is 9.59. The molecule has 0 aromatic heterocycles. The fraction of sp³-hybridized carbons (Fsp3) is 0.864. The lowest BCUT2D eigenvalue weighted by Crippen LogP contribution is -2.65. The zero-order valence-corrected chi connectivity index (χ0v) is 20.7. The van der Waals surface area contributed by atoms with Crippen LogP contribution in [0, 0.1) is 0 Å². The number of carbonyl (C=O) groups is 3. The summed E-state index contributed by atoms with van der Waals surface area (Å²) in [6.45, 7) is 3.80. The van der Waals surface area contributed by atoms with E-state index in [1.54, 1.807) is 6.92 Å². The van der Waals surface area contributed by atoms with Gasteiger partial charge in [0, 0.05) is 6.42 Å². The highest BCUT2D eigenvalue weighted by atomic mass is 35.5. The molecule has 0 saturated carbocycles. The lowest BCUT2D eigenvalue weighted by Gasteiger charge is -2.45. The highest BCUT2D eigenvalue weighted by Crippen LogP contribution is 2.32. The third kappa shape index (κ3) is 9.03. The third-order valence-corrected chi connectivity index (χ3v) is 6.24. The van der Waals surface area contributed by atoms with Crippen molar-refractivity contribution in [2.45, 2.75) is 113 Å². The van der Waals surface area contributed by atoms with E-state index >= 15 is 0 Å². The van der Waals surface area contributed by atoms with Crippen molar-refractivity contribution in [1.29, 1.82) is 0 Å². The zero-order chi connectivity index (χ0) is 26.1. The molecule has 0 bridgehead atoms. The molecule has 1 aliphatic rings. The molecular formula is C22H39ClN2O9. The minimum Gasteiger partial charge on any atom is -0.394 e. The van der Waals surface area contributed by atoms with Gasteiger partial charge >= 0.3 is 0 Å². The number of amides is 2. The second kappa shape index (κ2) is 14.3. The van der Waals surface area contributed by atoms with Crippen LogP contribution in [0.15, 0.2) is 0 Å². The van der Waals surface area contributed by atoms with Crippen LogP contribution < -0.4 is 10.6 Å². The average molecular weight is 511 g/mol. The summed E-state index contributed by atoms with van der Waals surface area (Å²) in [5.41, 5.74) is 0. The van der Waals surface area contributed by atoms with Crippen molar-refractivity contribution in [3.63, 3.8) is 0 Å². The highest BCUT2D eigenvalue weighted by Gasteiger charge is 2.51. The van der Waals surface area contributed by atoms with Gasteiger partial charge in [0.2, 0.25) is 11.8 Å². The van der Waals surface area contributed by atoms with Crippen molar-refractivity contribution in [2.24, 2.45) is 0 Å². The van der Waals surface area contributed by atoms with Crippen molar-refractivity contribution in [2.75, 3.05) is 6.61 Å². The van der Waals surface area contributed by atoms with Gasteiger partial charge in [-0.3, -0.25) is 14.4 Å². The lowest BCUT2D eigenvalue weighted by molar-refractivity contribution is -0.351. The molecule has 34 heavy (non-hydrogen) atoms. The number of Topliss-reactive ketones (excluding diaryl/α,β-unsaturated/α-hetero) is 1. The molecule has 1 rings (SSSR count). The summed E-state index contributed by atoms with van der Waals surface area (Å²) in [5.74, 6) is -3.22. The molecule has 198 valence electrons. The molecule has 12 heteroatoms. The van der Waals surface area contributed by atoms with E-state index in [2.05, 4.69) is 10.6 Å². The fourth-order valence-electron chi connectivity index (χ4n) is 3.66. The van der Waals surface area contributed by atoms with Gasteiger partial charge in [-0.15, -0.1) is 11.6 Å². The van der Waals surface area contributed by atoms with Crippen molar-refractivity contribution in [3.8, 4) is 0 Å². The van der Waals surface area contributed by atoms with E-state index in [0.29, 0.717) is 32.1 Å². The van der Waals surface area contributed by atoms with Crippen molar-refractivity contribution in [1.82, 2.24) is 10.6 Å². The summed E-state index contributed by atoms with van der Waals surface area (Å²) in [4.78, 5) is 35.8. The van der Waals surface area contributed by atoms with Gasteiger partial charge in [-0.2, -0.15) is 0 Å². The Labute approximate surface area is 204 Å². The topological polar surface area (TPSA) is 186 Å². The highest BCUT2D eigenvalue weighted by molar-refractivity contribution is 6.30. The molecular weight excluding hydrogens is 472 g/mol. The first-order valence-corrected chi connectivity index (χ1v) is 12.1. The molecule has 1 saturated heterocycles. The van der Waals surface area contributed by atoms with Crippen molar-refractivity contribution in [3.05, 3.63) is 0 Å². The molecule has 0 aromatic carbocycles. The molecule has 0 radical (unpaired) electrons. The van der Waals surface area contributed by atoms with E-state index in [1.807, 2.05) is 0 Å². The Hall–Kier alpha value is -1.34. The van der Waals surface area contributed by atoms with Crippen LogP contribution in [0.25, 0.3) is 0 Å². The molecule has 8 atom stereocenters. The normalized spacial score (nSPS) is 29.7. The lowest BCUT2D eigenvalue weighted by atomic mass is 9.89. The summed E-state index contributed by atoms with van der Waals surface area (Å²) in [5, 5.41) is 53.9. The Bertz CT molecular complexity index is 679. The first-order valence-electron chi connectivity index (χ1n) is 11.6. The predicted molar refractivity (Wildman–Crippen MR) is 123 cm³/mol. The van der Waals surface area contributed by atoms with Gasteiger partial charge in [0.05, 0.1) is 12.6 Å². The van der Waals surface area contributed by atoms with Crippen LogP contribution in [0.1, 0.15) is 65.7 Å². The van der Waals surface area contributed by atoms with E-state index in [4.69, 9.17) is 16.3 Å². The summed E-state index contributed by atoms with van der Waals surface area (Å²) in [6, 6.07) is -1.50. The number of hydrogen-bond acceptors (Lipinski definition) is 9. The van der Waals surface area contributed by atoms with Crippen LogP contribution >= 0.6 is 11.6 Å². The molecule has 11 nitrogen and oxygen atoms in total. The Morgan fingerprint density at radius 3 is 2.12 bits per heavy atom. The number of rotatable bonds is 14. The summed E-state index contributed by atoms with van der Waals surface area (Å²) in [6.07, 6.45) is -2.62. The second-order valence-electron chi connectivity index (χ2n) is 8.93. The predicted octanol–water partition coefficient (Wildman–Crippen LogP) is -0.915. The number of halogens is 1. The van der Waals surface area contributed by atoms with Crippen molar-refractivity contribution >= 4 is 29.2 Å². The maximum Gasteiger partial charge on any atom is 0.243 e. The Morgan fingerprint density at radius 2 is 1.56 bits per heavy atom. The van der Waals surface area contributed by atoms with Crippen LogP contribution in [-0.4, -0.2) is 97.4 Å². The first kappa shape index (κ1) is 30.7. The van der Waals surface area contributed by atoms with Gasteiger partial charge in [0.1, 0.15) is 35.8 Å². The van der Waals surface area contributed by atoms with Gasteiger partial charge in [-0.1, -0.05) is 25.7 Å². The number of aliphatic hydroxyl groups is 5. The molecule has 7 N–H and O–H groups in total. The number of alkyl halides is 1. The van der Waals surface area contributed by atoms with Gasteiger partial charge in [0.15, 0.2) is 11.6 Å². The number of nitrogens with one attached hydrogen (secondary N) is 2. The van der Waals surface area contributed by atoms with Crippen LogP contribution in [0.5, 0.6) is 0 Å². The molecule has 1 unspecified atom stereocenters. The van der Waals surface area contributed by atoms with Crippen LogP contribution in [0.3, 0.4) is 0 Å². The number of ketones is 1. The molecule has 1 fully saturated rings. The number of hydrogen-bond donors (Lipinski definition) is 7. The molecule has 0 spiro atoms. The minimum atomic E-state index is -2.08. The largest absolute Gasteiger partial charge is 0.394 e. The average Bonchev–Trinajstić information content (AvgIpc) is 2.78. The van der Waals surface area contributed by atoms with E-state index in [0.717, 1.165) is 6.42 Å². The van der Waals surface area contributed by atoms with Gasteiger partial charge in [-0.05, 0) is 33.6 Å². The van der Waals surface area contributed by atoms with Crippen LogP contribution in [0.2, 0.25) is 0 Å². The number of aliphatic hydroxyl groups excluding tert-OH is 4. The molecule has 1 aliphatic heterocycles.